The van der Waals surface area contributed by atoms with Crippen molar-refractivity contribution >= 4 is 27.7 Å². The summed E-state index contributed by atoms with van der Waals surface area (Å²) in [5.41, 5.74) is 2.24. The molecule has 39 heavy (non-hydrogen) atoms. The Bertz CT molecular complexity index is 1630. The van der Waals surface area contributed by atoms with Crippen LogP contribution in [0.2, 0.25) is 0 Å². The molecule has 1 atom stereocenters. The van der Waals surface area contributed by atoms with Gasteiger partial charge in [0, 0.05) is 47.1 Å². The summed E-state index contributed by atoms with van der Waals surface area (Å²) in [5.74, 6) is -0.888. The predicted molar refractivity (Wildman–Crippen MR) is 144 cm³/mol. The van der Waals surface area contributed by atoms with Crippen molar-refractivity contribution in [3.8, 4) is 11.5 Å². The Balaban J connectivity index is 1.64. The van der Waals surface area contributed by atoms with Gasteiger partial charge in [0.15, 0.2) is 0 Å². The zero-order chi connectivity index (χ0) is 27.5. The number of aromatic nitrogens is 1. The van der Waals surface area contributed by atoms with Gasteiger partial charge in [-0.1, -0.05) is 12.1 Å². The van der Waals surface area contributed by atoms with Gasteiger partial charge in [-0.25, -0.2) is 9.18 Å². The Hall–Kier alpha value is -4.47. The van der Waals surface area contributed by atoms with E-state index in [1.165, 1.54) is 12.1 Å². The van der Waals surface area contributed by atoms with Crippen LogP contribution in [0.15, 0.2) is 71.4 Å². The minimum absolute atomic E-state index is 0.0512. The average molecular weight is 531 g/mol. The van der Waals surface area contributed by atoms with Gasteiger partial charge in [0.25, 0.3) is 0 Å². The molecule has 8 nitrogen and oxygen atoms in total. The second kappa shape index (κ2) is 11.1. The number of aliphatic hydroxyl groups is 1. The van der Waals surface area contributed by atoms with Crippen LogP contribution in [0.3, 0.4) is 0 Å². The van der Waals surface area contributed by atoms with Crippen molar-refractivity contribution in [2.75, 3.05) is 19.8 Å². The van der Waals surface area contributed by atoms with Crippen molar-refractivity contribution in [3.05, 3.63) is 101 Å². The highest BCUT2D eigenvalue weighted by Gasteiger charge is 2.30. The predicted octanol–water partition coefficient (Wildman–Crippen LogP) is 5.13. The number of nitrogens with zero attached hydrogens (tertiary/aromatic N) is 1. The third kappa shape index (κ3) is 5.14. The summed E-state index contributed by atoms with van der Waals surface area (Å²) < 4.78 is 25.2. The third-order valence-corrected chi connectivity index (χ3v) is 6.67. The smallest absolute Gasteiger partial charge is 0.339 e. The molecule has 0 aliphatic heterocycles. The Kier molecular flexibility index (Phi) is 7.44. The summed E-state index contributed by atoms with van der Waals surface area (Å²) in [6.07, 6.45) is 3.77. The molecule has 200 valence electrons. The fraction of sp³-hybridized carbons (Fsp3) is 0.200. The molecule has 0 bridgehead atoms. The minimum Gasteiger partial charge on any atom is -0.507 e. The first kappa shape index (κ1) is 26.1. The van der Waals surface area contributed by atoms with Crippen LogP contribution in [0, 0.1) is 12.7 Å². The van der Waals surface area contributed by atoms with Gasteiger partial charge in [-0.2, -0.15) is 0 Å². The number of carboxylic acid groups (broad SMARTS) is 1. The number of benzene rings is 3. The van der Waals surface area contributed by atoms with E-state index in [1.54, 1.807) is 61.8 Å². The molecule has 9 heteroatoms. The van der Waals surface area contributed by atoms with Gasteiger partial charge < -0.3 is 29.8 Å². The number of ether oxygens (including phenoxy) is 1. The highest BCUT2D eigenvalue weighted by atomic mass is 19.1. The molecule has 3 aromatic carbocycles. The minimum atomic E-state index is -1.19. The lowest BCUT2D eigenvalue weighted by molar-refractivity contribution is 0.0696. The summed E-state index contributed by atoms with van der Waals surface area (Å²) in [7, 11) is 0. The van der Waals surface area contributed by atoms with Gasteiger partial charge in [0.05, 0.1) is 19.3 Å². The maximum absolute atomic E-state index is 13.2. The highest BCUT2D eigenvalue weighted by Crippen LogP contribution is 2.46. The van der Waals surface area contributed by atoms with E-state index in [9.17, 15) is 24.5 Å². The number of carboxylic acids is 1. The standard InChI is InChI=1S/C30H27FN2O6/c1-17-24(30(36)37)25-26(27(33-13-14-34)19-8-11-32-12-9-19)28(35)22-7-6-21(16-23(22)29(25)39-17)38-15-10-18-2-4-20(31)5-3-18/h2-9,11-12,16,27,33-35H,10,13-15H2,1H3,(H,36,37). The zero-order valence-electron chi connectivity index (χ0n) is 21.1. The molecule has 0 fully saturated rings. The number of hydrogen-bond donors (Lipinski definition) is 4. The van der Waals surface area contributed by atoms with Crippen LogP contribution in [-0.4, -0.2) is 46.0 Å². The molecule has 2 aromatic heterocycles. The van der Waals surface area contributed by atoms with Crippen LogP contribution in [0.4, 0.5) is 4.39 Å². The number of phenolic OH excluding ortho intramolecular Hbond substituents is 1. The highest BCUT2D eigenvalue weighted by molar-refractivity contribution is 6.16. The number of aliphatic hydroxyl groups excluding tert-OH is 1. The number of rotatable bonds is 10. The van der Waals surface area contributed by atoms with E-state index in [4.69, 9.17) is 9.15 Å². The second-order valence-corrected chi connectivity index (χ2v) is 9.13. The van der Waals surface area contributed by atoms with E-state index in [0.29, 0.717) is 40.7 Å². The number of aromatic hydroxyl groups is 1. The third-order valence-electron chi connectivity index (χ3n) is 6.67. The molecule has 1 unspecified atom stereocenters. The number of hydrogen-bond acceptors (Lipinski definition) is 7. The molecular weight excluding hydrogens is 503 g/mol. The molecule has 0 aliphatic carbocycles. The van der Waals surface area contributed by atoms with Crippen LogP contribution in [0.25, 0.3) is 21.7 Å². The van der Waals surface area contributed by atoms with E-state index in [1.807, 2.05) is 0 Å². The van der Waals surface area contributed by atoms with Crippen LogP contribution in [-0.2, 0) is 6.42 Å². The van der Waals surface area contributed by atoms with E-state index in [0.717, 1.165) is 11.1 Å². The number of aryl methyl sites for hydroxylation is 1. The molecule has 0 saturated heterocycles. The lowest BCUT2D eigenvalue weighted by Crippen LogP contribution is -2.26. The SMILES string of the molecule is Cc1oc2c(c1C(=O)O)c(C(NCCO)c1ccncc1)c(O)c1ccc(OCCc3ccc(F)cc3)cc12. The van der Waals surface area contributed by atoms with Gasteiger partial charge in [-0.15, -0.1) is 0 Å². The maximum atomic E-state index is 13.2. The summed E-state index contributed by atoms with van der Waals surface area (Å²) >= 11 is 0. The molecule has 0 radical (unpaired) electrons. The van der Waals surface area contributed by atoms with Gasteiger partial charge in [-0.05, 0) is 60.5 Å². The summed E-state index contributed by atoms with van der Waals surface area (Å²) in [5, 5.41) is 35.7. The fourth-order valence-electron chi connectivity index (χ4n) is 4.89. The Morgan fingerprint density at radius 3 is 2.54 bits per heavy atom. The molecule has 5 aromatic rings. The number of pyridine rings is 1. The lowest BCUT2D eigenvalue weighted by atomic mass is 9.90. The van der Waals surface area contributed by atoms with E-state index in [-0.39, 0.29) is 41.4 Å². The van der Waals surface area contributed by atoms with Gasteiger partial charge >= 0.3 is 5.97 Å². The number of nitrogens with one attached hydrogen (secondary N) is 1. The molecule has 0 aliphatic rings. The van der Waals surface area contributed by atoms with Crippen LogP contribution < -0.4 is 10.1 Å². The summed E-state index contributed by atoms with van der Waals surface area (Å²) in [6.45, 7) is 1.94. The molecule has 0 spiro atoms. The molecular formula is C30H27FN2O6. The van der Waals surface area contributed by atoms with Crippen molar-refractivity contribution in [2.45, 2.75) is 19.4 Å². The first-order valence-electron chi connectivity index (χ1n) is 12.5. The fourth-order valence-corrected chi connectivity index (χ4v) is 4.89. The maximum Gasteiger partial charge on any atom is 0.339 e. The van der Waals surface area contributed by atoms with Gasteiger partial charge in [-0.3, -0.25) is 4.98 Å². The lowest BCUT2D eigenvalue weighted by Gasteiger charge is -2.22. The van der Waals surface area contributed by atoms with Crippen molar-refractivity contribution in [1.29, 1.82) is 0 Å². The number of halogens is 1. The number of fused-ring (bicyclic) bond motifs is 3. The molecule has 0 amide bonds. The van der Waals surface area contributed by atoms with Crippen LogP contribution >= 0.6 is 0 Å². The van der Waals surface area contributed by atoms with E-state index >= 15 is 0 Å². The zero-order valence-corrected chi connectivity index (χ0v) is 21.1. The number of phenols is 1. The van der Waals surface area contributed by atoms with Crippen molar-refractivity contribution in [1.82, 2.24) is 10.3 Å². The average Bonchev–Trinajstić information content (AvgIpc) is 3.29. The Morgan fingerprint density at radius 2 is 1.85 bits per heavy atom. The molecule has 0 saturated carbocycles. The number of furan rings is 1. The number of carbonyl (C=O) groups is 1. The monoisotopic (exact) mass is 530 g/mol. The quantitative estimate of drug-likeness (QED) is 0.196. The van der Waals surface area contributed by atoms with Crippen molar-refractivity contribution in [3.63, 3.8) is 0 Å². The van der Waals surface area contributed by atoms with E-state index < -0.39 is 12.0 Å². The van der Waals surface area contributed by atoms with Crippen LogP contribution in [0.1, 0.15) is 38.9 Å². The Labute approximate surface area is 223 Å². The summed E-state index contributed by atoms with van der Waals surface area (Å²) in [4.78, 5) is 16.4. The van der Waals surface area contributed by atoms with Gasteiger partial charge in [0.2, 0.25) is 0 Å². The van der Waals surface area contributed by atoms with Crippen molar-refractivity contribution < 1.29 is 33.7 Å². The largest absolute Gasteiger partial charge is 0.507 e. The van der Waals surface area contributed by atoms with Gasteiger partial charge in [0.1, 0.15) is 34.2 Å². The molecule has 2 heterocycles. The summed E-state index contributed by atoms with van der Waals surface area (Å²) in [6, 6.07) is 14.2. The Morgan fingerprint density at radius 1 is 1.10 bits per heavy atom. The topological polar surface area (TPSA) is 125 Å². The number of aromatic carboxylic acids is 1. The van der Waals surface area contributed by atoms with E-state index in [2.05, 4.69) is 10.3 Å². The first-order valence-corrected chi connectivity index (χ1v) is 12.5. The normalized spacial score (nSPS) is 12.2. The molecule has 5 rings (SSSR count). The van der Waals surface area contributed by atoms with Crippen molar-refractivity contribution in [2.24, 2.45) is 0 Å². The van der Waals surface area contributed by atoms with Crippen LogP contribution in [0.5, 0.6) is 11.5 Å². The first-order chi connectivity index (χ1) is 18.9. The second-order valence-electron chi connectivity index (χ2n) is 9.13. The molecule has 4 N–H and O–H groups in total.